The molecule has 0 aliphatic carbocycles. The Bertz CT molecular complexity index is 1500. The molecule has 79 heavy (non-hydrogen) atoms. The molecule has 0 fully saturated rings. The van der Waals surface area contributed by atoms with Gasteiger partial charge in [-0.05, 0) is 0 Å². The highest BCUT2D eigenvalue weighted by Crippen LogP contribution is 2.27. The predicted octanol–water partition coefficient (Wildman–Crippen LogP) is -29.1. The molecular weight excluding hydrogens is 855 g/mol. The number of hydrogen-bond donors (Lipinski definition) is 0. The highest BCUT2D eigenvalue weighted by atomic mass is 13.5. The monoisotopic (exact) mass is 874 g/mol. The van der Waals surface area contributed by atoms with Crippen LogP contribution >= 0.6 is 0 Å². The van der Waals surface area contributed by atoms with E-state index in [9.17, 15) is 0 Å². The van der Waals surface area contributed by atoms with Crippen LogP contribution in [0.15, 0.2) is 0 Å². The smallest absolute Gasteiger partial charge is 0.0413 e. The molecule has 0 nitrogen and oxygen atoms in total. The van der Waals surface area contributed by atoms with Crippen LogP contribution in [0.3, 0.4) is 0 Å². The van der Waals surface area contributed by atoms with Gasteiger partial charge in [-0.15, -0.1) is 6.82 Å². The summed E-state index contributed by atoms with van der Waals surface area (Å²) in [5, 5.41) is 0. The molecule has 78 heteroatoms. The van der Waals surface area contributed by atoms with E-state index in [1.807, 2.05) is 0 Å². The number of rotatable bonds is 38. The van der Waals surface area contributed by atoms with Crippen molar-refractivity contribution in [2.75, 3.05) is 0 Å². The average Bonchev–Trinajstić information content (AvgIpc) is 3.26. The van der Waals surface area contributed by atoms with Crippen LogP contribution in [-0.4, -0.2) is 552 Å². The topological polar surface area (TPSA) is 0 Å². The van der Waals surface area contributed by atoms with Gasteiger partial charge in [-0.2, -0.15) is 0 Å². The van der Waals surface area contributed by atoms with E-state index in [-0.39, 0.29) is 0 Å². The van der Waals surface area contributed by atoms with E-state index in [4.69, 9.17) is 302 Å². The molecule has 0 bridgehead atoms. The minimum absolute atomic E-state index is 1.14. The van der Waals surface area contributed by atoms with Gasteiger partial charge in [-0.25, -0.2) is 0 Å². The first-order chi connectivity index (χ1) is 36.0. The molecule has 0 amide bonds. The largest absolute Gasteiger partial charge is 0.101 e. The normalized spacial score (nSPS) is 9.78. The van der Waals surface area contributed by atoms with Crippen LogP contribution < -0.4 is 0 Å². The molecule has 0 heterocycles. The van der Waals surface area contributed by atoms with Crippen molar-refractivity contribution in [3.63, 3.8) is 0 Å². The van der Waals surface area contributed by atoms with Crippen LogP contribution in [0.25, 0.3) is 0 Å². The van der Waals surface area contributed by atoms with Gasteiger partial charge in [-0.3, -0.25) is 0 Å². The van der Waals surface area contributed by atoms with Crippen molar-refractivity contribution in [1.82, 2.24) is 0 Å². The molecule has 0 atom stereocenters. The first-order valence-electron chi connectivity index (χ1n) is 26.2. The molecule has 0 aliphatic rings. The summed E-state index contributed by atoms with van der Waals surface area (Å²) in [6, 6.07) is 0. The van der Waals surface area contributed by atoms with Gasteiger partial charge in [0.2, 0.25) is 0 Å². The molecule has 79 radical (unpaired) electrons. The van der Waals surface area contributed by atoms with Crippen LogP contribution in [0.2, 0.25) is 6.82 Å². The third-order valence-electron chi connectivity index (χ3n) is 17.0. The summed E-state index contributed by atoms with van der Waals surface area (Å²) < 4.78 is 0. The Kier molecular flexibility index (Phi) is 41.3. The standard InChI is InChI=1S/CH3B78/c1-42(64(66(46(9)10)47(11)12)72(58(33)34)61(39)43(3)4)65(76(69(52(21)22)53(23)24)73(59(35)36)63(41-2)45(7)8)77(78(70(54(25)26)55(27)28)74(60(37)38)67(48(13)14)49(15)16)79(71(56(29)30)57(31)32)75(62(40)44(5)6)68(50(17)18)51(19)20/h1H3. The quantitative estimate of drug-likeness (QED) is 0.0543. The van der Waals surface area contributed by atoms with Crippen molar-refractivity contribution in [3.05, 3.63) is 0 Å². The first-order valence-corrected chi connectivity index (χ1v) is 26.2. The van der Waals surface area contributed by atoms with E-state index in [1.54, 1.807) is 6.82 Å². The van der Waals surface area contributed by atoms with Crippen LogP contribution in [-0.2, 0) is 0 Å². The lowest BCUT2D eigenvalue weighted by Crippen LogP contribution is -2.97. The molecule has 0 aliphatic heterocycles. The van der Waals surface area contributed by atoms with Crippen LogP contribution in [0.5, 0.6) is 0 Å². The lowest BCUT2D eigenvalue weighted by molar-refractivity contribution is 2.32. The summed E-state index contributed by atoms with van der Waals surface area (Å²) in [5.41, 5.74) is 0. The third-order valence-corrected chi connectivity index (χ3v) is 17.0. The molecule has 0 saturated heterocycles. The Hall–Kier alpha value is 5.06. The van der Waals surface area contributed by atoms with Gasteiger partial charge in [-0.1, -0.05) is 0 Å². The first kappa shape index (κ1) is 84.1. The van der Waals surface area contributed by atoms with E-state index >= 15 is 0 Å². The summed E-state index contributed by atoms with van der Waals surface area (Å²) in [7, 11) is 267. The van der Waals surface area contributed by atoms with E-state index in [1.165, 1.54) is 0 Å². The molecule has 0 N–H and O–H groups in total. The lowest BCUT2D eigenvalue weighted by Gasteiger charge is -2.59. The molecule has 241 valence electrons. The van der Waals surface area contributed by atoms with Crippen molar-refractivity contribution in [3.8, 4) is 0 Å². The highest BCUT2D eigenvalue weighted by Gasteiger charge is 2.64. The Balaban J connectivity index is 12.1. The van der Waals surface area contributed by atoms with Crippen molar-refractivity contribution >= 4 is 552 Å². The van der Waals surface area contributed by atoms with Gasteiger partial charge in [0.15, 0.2) is 0 Å². The average molecular weight is 858 g/mol. The van der Waals surface area contributed by atoms with E-state index in [2.05, 4.69) is 0 Å². The molecule has 0 unspecified atom stereocenters. The summed E-state index contributed by atoms with van der Waals surface area (Å²) >= 11 is 0. The Morgan fingerprint density at radius 3 is 0.570 bits per heavy atom. The van der Waals surface area contributed by atoms with Gasteiger partial charge in [0.1, 0.15) is 0 Å². The second-order valence-corrected chi connectivity index (χ2v) is 22.4. The molecule has 0 aromatic carbocycles. The van der Waals surface area contributed by atoms with Gasteiger partial charge < -0.3 is 0 Å². The summed E-state index contributed by atoms with van der Waals surface area (Å²) in [6.45, 7) is 0.266. The molecule has 0 rings (SSSR count). The molecule has 0 spiro atoms. The van der Waals surface area contributed by atoms with Crippen molar-refractivity contribution in [2.45, 2.75) is 6.82 Å². The maximum absolute atomic E-state index is 7.29. The van der Waals surface area contributed by atoms with Crippen LogP contribution in [0.1, 0.15) is 0 Å². The minimum Gasteiger partial charge on any atom is -0.101 e. The fourth-order valence-electron chi connectivity index (χ4n) is 14.0. The lowest BCUT2D eigenvalue weighted by atomic mass is 8.22. The fraction of sp³-hybridized carbons (Fsp3) is 1.00. The summed E-state index contributed by atoms with van der Waals surface area (Å²) in [5.74, 6) is 0. The molecule has 0 aromatic heterocycles. The molecular formula is CH3B78. The minimum atomic E-state index is -1.71. The molecule has 0 aromatic rings. The van der Waals surface area contributed by atoms with Crippen molar-refractivity contribution < 1.29 is 0 Å². The van der Waals surface area contributed by atoms with Crippen molar-refractivity contribution in [2.24, 2.45) is 0 Å². The maximum atomic E-state index is 7.29. The second kappa shape index (κ2) is 38.8. The zero-order chi connectivity index (χ0) is 62.6. The Morgan fingerprint density at radius 1 is 0.165 bits per heavy atom. The Morgan fingerprint density at radius 2 is 0.342 bits per heavy atom. The second-order valence-electron chi connectivity index (χ2n) is 22.4. The van der Waals surface area contributed by atoms with E-state index in [0.29, 0.717) is 0 Å². The van der Waals surface area contributed by atoms with Crippen LogP contribution in [0, 0.1) is 0 Å². The van der Waals surface area contributed by atoms with Gasteiger partial charge in [0, 0.05) is 552 Å². The molecule has 0 saturated carbocycles. The Labute approximate surface area is 553 Å². The van der Waals surface area contributed by atoms with E-state index in [0.717, 1.165) is 7.06 Å². The van der Waals surface area contributed by atoms with Gasteiger partial charge >= 0.3 is 0 Å². The number of hydrogen-bond acceptors (Lipinski definition) is 0. The summed E-state index contributed by atoms with van der Waals surface area (Å²) in [4.78, 5) is 0. The van der Waals surface area contributed by atoms with Gasteiger partial charge in [0.25, 0.3) is 0 Å². The zero-order valence-corrected chi connectivity index (χ0v) is 46.0. The van der Waals surface area contributed by atoms with Crippen LogP contribution in [0.4, 0.5) is 0 Å². The third kappa shape index (κ3) is 22.7. The highest BCUT2D eigenvalue weighted by molar-refractivity contribution is 8.39. The summed E-state index contributed by atoms with van der Waals surface area (Å²) in [6.07, 6.45) is -56.4. The maximum Gasteiger partial charge on any atom is 0.0413 e. The SMILES string of the molecule is [B][B]B(B([B])[B])B(B([B])[B])B(B(B([B])[B])B([B])[B])B(B(C)B(B(B([B])[B])B([B])[B])B(B([B])[B])B([B])B([B])[B])B(B(B(B([B])[B])B([B])[B])B(B([B])[B])B(B([B])[B])B([B])[B])B(B(B([B])[B])B([B])[B])B(B([B])B([B])[B])B(B([B])[B])B([B])[B]. The zero-order valence-electron chi connectivity index (χ0n) is 46.0. The van der Waals surface area contributed by atoms with E-state index < -0.39 is 243 Å². The fourth-order valence-corrected chi connectivity index (χ4v) is 14.0. The van der Waals surface area contributed by atoms with Gasteiger partial charge in [0.05, 0.1) is 0 Å². The predicted molar refractivity (Wildman–Crippen MR) is 455 cm³/mol. The van der Waals surface area contributed by atoms with Crippen molar-refractivity contribution in [1.29, 1.82) is 0 Å².